The van der Waals surface area contributed by atoms with Crippen LogP contribution >= 0.6 is 0 Å². The van der Waals surface area contributed by atoms with E-state index in [1.807, 2.05) is 6.07 Å². The number of phenolic OH excluding ortho intramolecular Hbond substituents is 1. The SMILES string of the molecule is O=C(/C=C/c1ccc(O)cc1)Oc1ccccc1. The Morgan fingerprint density at radius 3 is 2.33 bits per heavy atom. The van der Waals surface area contributed by atoms with Gasteiger partial charge in [-0.15, -0.1) is 0 Å². The summed E-state index contributed by atoms with van der Waals surface area (Å²) in [5, 5.41) is 9.11. The highest BCUT2D eigenvalue weighted by atomic mass is 16.5. The van der Waals surface area contributed by atoms with Crippen molar-refractivity contribution in [3.63, 3.8) is 0 Å². The minimum Gasteiger partial charge on any atom is -0.508 e. The van der Waals surface area contributed by atoms with Crippen molar-refractivity contribution in [1.29, 1.82) is 0 Å². The van der Waals surface area contributed by atoms with E-state index in [2.05, 4.69) is 0 Å². The predicted octanol–water partition coefficient (Wildman–Crippen LogP) is 3.01. The zero-order valence-electron chi connectivity index (χ0n) is 9.61. The Morgan fingerprint density at radius 2 is 1.67 bits per heavy atom. The molecule has 90 valence electrons. The molecule has 3 heteroatoms. The smallest absolute Gasteiger partial charge is 0.336 e. The molecule has 0 atom stereocenters. The average Bonchev–Trinajstić information content (AvgIpc) is 2.39. The molecule has 0 unspecified atom stereocenters. The highest BCUT2D eigenvalue weighted by Crippen LogP contribution is 2.12. The number of phenols is 1. The van der Waals surface area contributed by atoms with Gasteiger partial charge in [0.2, 0.25) is 0 Å². The van der Waals surface area contributed by atoms with Crippen LogP contribution in [0.15, 0.2) is 60.7 Å². The molecule has 0 saturated carbocycles. The highest BCUT2D eigenvalue weighted by Gasteiger charge is 1.98. The molecule has 0 saturated heterocycles. The molecule has 0 aliphatic carbocycles. The van der Waals surface area contributed by atoms with E-state index in [9.17, 15) is 4.79 Å². The van der Waals surface area contributed by atoms with Crippen molar-refractivity contribution in [2.75, 3.05) is 0 Å². The molecule has 0 spiro atoms. The van der Waals surface area contributed by atoms with Gasteiger partial charge in [-0.25, -0.2) is 4.79 Å². The van der Waals surface area contributed by atoms with E-state index >= 15 is 0 Å². The monoisotopic (exact) mass is 240 g/mol. The van der Waals surface area contributed by atoms with E-state index in [-0.39, 0.29) is 5.75 Å². The first-order valence-corrected chi connectivity index (χ1v) is 5.48. The van der Waals surface area contributed by atoms with Gasteiger partial charge in [0, 0.05) is 6.08 Å². The molecule has 0 amide bonds. The number of aromatic hydroxyl groups is 1. The van der Waals surface area contributed by atoms with E-state index in [4.69, 9.17) is 9.84 Å². The minimum absolute atomic E-state index is 0.194. The third-order valence-corrected chi connectivity index (χ3v) is 2.27. The van der Waals surface area contributed by atoms with Gasteiger partial charge < -0.3 is 9.84 Å². The Hall–Kier alpha value is -2.55. The molecule has 18 heavy (non-hydrogen) atoms. The molecule has 0 fully saturated rings. The van der Waals surface area contributed by atoms with Crippen molar-refractivity contribution in [1.82, 2.24) is 0 Å². The summed E-state index contributed by atoms with van der Waals surface area (Å²) in [6.45, 7) is 0. The summed E-state index contributed by atoms with van der Waals surface area (Å²) in [4.78, 5) is 11.5. The summed E-state index contributed by atoms with van der Waals surface area (Å²) in [6, 6.07) is 15.4. The third kappa shape index (κ3) is 3.49. The largest absolute Gasteiger partial charge is 0.508 e. The quantitative estimate of drug-likeness (QED) is 0.509. The molecule has 0 radical (unpaired) electrons. The predicted molar refractivity (Wildman–Crippen MR) is 69.2 cm³/mol. The lowest BCUT2D eigenvalue weighted by Gasteiger charge is -1.99. The normalized spacial score (nSPS) is 10.4. The molecule has 3 nitrogen and oxygen atoms in total. The van der Waals surface area contributed by atoms with Gasteiger partial charge in [0.25, 0.3) is 0 Å². The summed E-state index contributed by atoms with van der Waals surface area (Å²) >= 11 is 0. The third-order valence-electron chi connectivity index (χ3n) is 2.27. The van der Waals surface area contributed by atoms with Crippen LogP contribution in [0.25, 0.3) is 6.08 Å². The molecule has 0 aliphatic rings. The number of benzene rings is 2. The molecular formula is C15H12O3. The number of carbonyl (C=O) groups excluding carboxylic acids is 1. The van der Waals surface area contributed by atoms with Gasteiger partial charge in [-0.3, -0.25) is 0 Å². The molecular weight excluding hydrogens is 228 g/mol. The van der Waals surface area contributed by atoms with Gasteiger partial charge in [-0.05, 0) is 35.9 Å². The first kappa shape index (κ1) is 11.9. The lowest BCUT2D eigenvalue weighted by molar-refractivity contribution is -0.128. The topological polar surface area (TPSA) is 46.5 Å². The van der Waals surface area contributed by atoms with Crippen molar-refractivity contribution >= 4 is 12.0 Å². The van der Waals surface area contributed by atoms with Crippen molar-refractivity contribution in [3.05, 3.63) is 66.2 Å². The van der Waals surface area contributed by atoms with Crippen LogP contribution in [0.5, 0.6) is 11.5 Å². The second kappa shape index (κ2) is 5.68. The Kier molecular flexibility index (Phi) is 3.76. The van der Waals surface area contributed by atoms with Gasteiger partial charge >= 0.3 is 5.97 Å². The van der Waals surface area contributed by atoms with Crippen molar-refractivity contribution in [2.45, 2.75) is 0 Å². The molecule has 2 aromatic rings. The number of carbonyl (C=O) groups is 1. The van der Waals surface area contributed by atoms with Crippen LogP contribution in [0.3, 0.4) is 0 Å². The highest BCUT2D eigenvalue weighted by molar-refractivity contribution is 5.88. The number of hydrogen-bond donors (Lipinski definition) is 1. The summed E-state index contributed by atoms with van der Waals surface area (Å²) in [6.07, 6.45) is 2.98. The summed E-state index contributed by atoms with van der Waals surface area (Å²) < 4.78 is 5.08. The molecule has 0 aromatic heterocycles. The second-order valence-electron chi connectivity index (χ2n) is 3.66. The van der Waals surface area contributed by atoms with Gasteiger partial charge in [0.05, 0.1) is 0 Å². The van der Waals surface area contributed by atoms with Gasteiger partial charge in [0.15, 0.2) is 0 Å². The lowest BCUT2D eigenvalue weighted by atomic mass is 10.2. The number of para-hydroxylation sites is 1. The van der Waals surface area contributed by atoms with Crippen molar-refractivity contribution < 1.29 is 14.6 Å². The maximum absolute atomic E-state index is 11.5. The van der Waals surface area contributed by atoms with E-state index in [0.717, 1.165) is 5.56 Å². The van der Waals surface area contributed by atoms with Gasteiger partial charge in [0.1, 0.15) is 11.5 Å². The first-order chi connectivity index (χ1) is 8.74. The first-order valence-electron chi connectivity index (χ1n) is 5.48. The number of esters is 1. The van der Waals surface area contributed by atoms with Crippen LogP contribution in [0.2, 0.25) is 0 Å². The number of hydrogen-bond acceptors (Lipinski definition) is 3. The van der Waals surface area contributed by atoms with Crippen LogP contribution in [0.1, 0.15) is 5.56 Å². The van der Waals surface area contributed by atoms with Crippen LogP contribution < -0.4 is 4.74 Å². The fraction of sp³-hybridized carbons (Fsp3) is 0. The zero-order valence-corrected chi connectivity index (χ0v) is 9.61. The Labute approximate surface area is 105 Å². The fourth-order valence-corrected chi connectivity index (χ4v) is 1.39. The minimum atomic E-state index is -0.436. The maximum Gasteiger partial charge on any atom is 0.336 e. The molecule has 2 rings (SSSR count). The summed E-state index contributed by atoms with van der Waals surface area (Å²) in [5.74, 6) is 0.270. The average molecular weight is 240 g/mol. The molecule has 1 N–H and O–H groups in total. The fourth-order valence-electron chi connectivity index (χ4n) is 1.39. The van der Waals surface area contributed by atoms with E-state index in [1.54, 1.807) is 54.6 Å². The summed E-state index contributed by atoms with van der Waals surface area (Å²) in [7, 11) is 0. The Bertz CT molecular complexity index is 542. The zero-order chi connectivity index (χ0) is 12.8. The standard InChI is InChI=1S/C15H12O3/c16-13-9-6-12(7-10-13)8-11-15(17)18-14-4-2-1-3-5-14/h1-11,16H/b11-8+. The van der Waals surface area contributed by atoms with Crippen LogP contribution in [-0.2, 0) is 4.79 Å². The van der Waals surface area contributed by atoms with Crippen LogP contribution in [0, 0.1) is 0 Å². The van der Waals surface area contributed by atoms with E-state index in [0.29, 0.717) is 5.75 Å². The number of ether oxygens (including phenoxy) is 1. The van der Waals surface area contributed by atoms with Crippen molar-refractivity contribution in [3.8, 4) is 11.5 Å². The van der Waals surface area contributed by atoms with Crippen LogP contribution in [-0.4, -0.2) is 11.1 Å². The lowest BCUT2D eigenvalue weighted by Crippen LogP contribution is -2.03. The van der Waals surface area contributed by atoms with Gasteiger partial charge in [-0.1, -0.05) is 30.3 Å². The van der Waals surface area contributed by atoms with E-state index in [1.165, 1.54) is 6.08 Å². The van der Waals surface area contributed by atoms with Crippen molar-refractivity contribution in [2.24, 2.45) is 0 Å². The number of rotatable bonds is 3. The van der Waals surface area contributed by atoms with Crippen LogP contribution in [0.4, 0.5) is 0 Å². The summed E-state index contributed by atoms with van der Waals surface area (Å²) in [5.41, 5.74) is 0.817. The Morgan fingerprint density at radius 1 is 1.00 bits per heavy atom. The maximum atomic E-state index is 11.5. The molecule has 0 bridgehead atoms. The van der Waals surface area contributed by atoms with Gasteiger partial charge in [-0.2, -0.15) is 0 Å². The molecule has 0 aliphatic heterocycles. The second-order valence-corrected chi connectivity index (χ2v) is 3.66. The van der Waals surface area contributed by atoms with E-state index < -0.39 is 5.97 Å². The molecule has 2 aromatic carbocycles. The Balaban J connectivity index is 1.97. The molecule has 0 heterocycles.